The summed E-state index contributed by atoms with van der Waals surface area (Å²) >= 11 is 0. The molecule has 0 saturated carbocycles. The second-order valence-corrected chi connectivity index (χ2v) is 6.63. The van der Waals surface area contributed by atoms with Gasteiger partial charge in [-0.2, -0.15) is 4.98 Å². The molecule has 6 nitrogen and oxygen atoms in total. The lowest BCUT2D eigenvalue weighted by Gasteiger charge is -2.22. The second kappa shape index (κ2) is 11.5. The van der Waals surface area contributed by atoms with E-state index in [9.17, 15) is 0 Å². The predicted octanol–water partition coefficient (Wildman–Crippen LogP) is 4.17. The summed E-state index contributed by atoms with van der Waals surface area (Å²) < 4.78 is 5.29. The molecule has 3 aromatic rings. The first kappa shape index (κ1) is 22.9. The zero-order chi connectivity index (χ0) is 19.8. The molecule has 0 atom stereocenters. The topological polar surface area (TPSA) is 66.6 Å². The normalized spacial score (nSPS) is 11.1. The van der Waals surface area contributed by atoms with E-state index in [1.807, 2.05) is 39.2 Å². The van der Waals surface area contributed by atoms with Crippen molar-refractivity contribution in [3.63, 3.8) is 0 Å². The zero-order valence-electron chi connectivity index (χ0n) is 17.1. The average Bonchev–Trinajstić information content (AvgIpc) is 3.21. The van der Waals surface area contributed by atoms with Crippen molar-refractivity contribution in [3.05, 3.63) is 71.5 Å². The van der Waals surface area contributed by atoms with E-state index in [0.29, 0.717) is 5.89 Å². The van der Waals surface area contributed by atoms with E-state index in [-0.39, 0.29) is 24.0 Å². The van der Waals surface area contributed by atoms with Crippen LogP contribution in [0.2, 0.25) is 0 Å². The van der Waals surface area contributed by atoms with E-state index in [1.54, 1.807) is 0 Å². The van der Waals surface area contributed by atoms with Crippen molar-refractivity contribution in [1.82, 2.24) is 20.4 Å². The van der Waals surface area contributed by atoms with Crippen LogP contribution in [-0.4, -0.2) is 41.6 Å². The largest absolute Gasteiger partial charge is 0.356 e. The van der Waals surface area contributed by atoms with Crippen LogP contribution in [0.15, 0.2) is 64.1 Å². The lowest BCUT2D eigenvalue weighted by Crippen LogP contribution is -2.39. The molecular formula is C22H28IN5O. The first-order valence-corrected chi connectivity index (χ1v) is 9.57. The van der Waals surface area contributed by atoms with Gasteiger partial charge in [0.2, 0.25) is 0 Å². The third-order valence-corrected chi connectivity index (χ3v) is 4.52. The minimum atomic E-state index is 0. The molecular weight excluding hydrogens is 477 g/mol. The third kappa shape index (κ3) is 6.56. The number of rotatable bonds is 7. The Balaban J connectivity index is 0.00000300. The van der Waals surface area contributed by atoms with Crippen LogP contribution >= 0.6 is 24.0 Å². The fourth-order valence-corrected chi connectivity index (χ4v) is 2.96. The highest BCUT2D eigenvalue weighted by atomic mass is 127. The third-order valence-electron chi connectivity index (χ3n) is 4.52. The van der Waals surface area contributed by atoms with E-state index < -0.39 is 0 Å². The maximum atomic E-state index is 5.29. The molecule has 1 heterocycles. The summed E-state index contributed by atoms with van der Waals surface area (Å²) in [7, 11) is 3.86. The minimum Gasteiger partial charge on any atom is -0.356 e. The van der Waals surface area contributed by atoms with Gasteiger partial charge in [0.15, 0.2) is 11.8 Å². The van der Waals surface area contributed by atoms with Gasteiger partial charge in [-0.15, -0.1) is 24.0 Å². The van der Waals surface area contributed by atoms with E-state index >= 15 is 0 Å². The number of aromatic nitrogens is 2. The summed E-state index contributed by atoms with van der Waals surface area (Å²) in [5.41, 5.74) is 3.45. The number of halogens is 1. The Hall–Kier alpha value is -2.42. The minimum absolute atomic E-state index is 0. The quantitative estimate of drug-likeness (QED) is 0.297. The van der Waals surface area contributed by atoms with Gasteiger partial charge in [-0.1, -0.05) is 54.5 Å². The van der Waals surface area contributed by atoms with Gasteiger partial charge in [0.25, 0.3) is 5.89 Å². The van der Waals surface area contributed by atoms with Crippen molar-refractivity contribution in [2.45, 2.75) is 26.3 Å². The number of hydrogen-bond donors (Lipinski definition) is 1. The highest BCUT2D eigenvalue weighted by molar-refractivity contribution is 14.0. The SMILES string of the molecule is CCc1noc(-c2ccc(CCNC(=NC)N(C)Cc3ccccc3)cc2)n1.I. The standard InChI is InChI=1S/C22H27N5O.HI/c1-4-20-25-21(28-26-20)19-12-10-17(11-13-19)14-15-24-22(23-2)27(3)16-18-8-6-5-7-9-18;/h5-13H,4,14-16H2,1-3H3,(H,23,24);1H. The molecule has 2 aromatic carbocycles. The number of guanidine groups is 1. The van der Waals surface area contributed by atoms with Crippen molar-refractivity contribution in [3.8, 4) is 11.5 Å². The van der Waals surface area contributed by atoms with Gasteiger partial charge in [0.05, 0.1) is 0 Å². The molecule has 0 spiro atoms. The summed E-state index contributed by atoms with van der Waals surface area (Å²) in [5.74, 6) is 2.19. The first-order valence-electron chi connectivity index (χ1n) is 9.57. The summed E-state index contributed by atoms with van der Waals surface area (Å²) in [6.07, 6.45) is 1.68. The zero-order valence-corrected chi connectivity index (χ0v) is 19.5. The van der Waals surface area contributed by atoms with Crippen LogP contribution in [0, 0.1) is 0 Å². The summed E-state index contributed by atoms with van der Waals surface area (Å²) in [6, 6.07) is 18.6. The van der Waals surface area contributed by atoms with E-state index in [1.165, 1.54) is 11.1 Å². The maximum absolute atomic E-state index is 5.29. The average molecular weight is 505 g/mol. The van der Waals surface area contributed by atoms with Gasteiger partial charge in [-0.25, -0.2) is 0 Å². The van der Waals surface area contributed by atoms with Crippen molar-refractivity contribution in [2.75, 3.05) is 20.6 Å². The van der Waals surface area contributed by atoms with Crippen LogP contribution in [0.4, 0.5) is 0 Å². The number of aryl methyl sites for hydroxylation is 1. The molecule has 0 aliphatic heterocycles. The lowest BCUT2D eigenvalue weighted by molar-refractivity contribution is 0.423. The van der Waals surface area contributed by atoms with E-state index in [4.69, 9.17) is 4.52 Å². The molecule has 7 heteroatoms. The van der Waals surface area contributed by atoms with Crippen LogP contribution in [0.1, 0.15) is 23.9 Å². The predicted molar refractivity (Wildman–Crippen MR) is 128 cm³/mol. The molecule has 0 radical (unpaired) electrons. The highest BCUT2D eigenvalue weighted by Gasteiger charge is 2.08. The molecule has 0 unspecified atom stereocenters. The van der Waals surface area contributed by atoms with Gasteiger partial charge in [0.1, 0.15) is 0 Å². The molecule has 0 bridgehead atoms. The smallest absolute Gasteiger partial charge is 0.257 e. The summed E-state index contributed by atoms with van der Waals surface area (Å²) in [4.78, 5) is 10.9. The number of nitrogens with zero attached hydrogens (tertiary/aromatic N) is 4. The molecule has 154 valence electrons. The molecule has 0 saturated heterocycles. The highest BCUT2D eigenvalue weighted by Crippen LogP contribution is 2.18. The Morgan fingerprint density at radius 3 is 2.41 bits per heavy atom. The van der Waals surface area contributed by atoms with Crippen LogP contribution in [0.3, 0.4) is 0 Å². The van der Waals surface area contributed by atoms with Crippen LogP contribution in [-0.2, 0) is 19.4 Å². The van der Waals surface area contributed by atoms with Gasteiger partial charge >= 0.3 is 0 Å². The number of benzene rings is 2. The molecule has 0 aliphatic rings. The Labute approximate surface area is 189 Å². The summed E-state index contributed by atoms with van der Waals surface area (Å²) in [5, 5.41) is 7.37. The monoisotopic (exact) mass is 505 g/mol. The number of nitrogens with one attached hydrogen (secondary N) is 1. The van der Waals surface area contributed by atoms with Crippen molar-refractivity contribution >= 4 is 29.9 Å². The molecule has 0 aliphatic carbocycles. The number of aliphatic imine (C=N–C) groups is 1. The molecule has 1 N–H and O–H groups in total. The fourth-order valence-electron chi connectivity index (χ4n) is 2.96. The second-order valence-electron chi connectivity index (χ2n) is 6.63. The van der Waals surface area contributed by atoms with Crippen molar-refractivity contribution in [2.24, 2.45) is 4.99 Å². The molecule has 1 aromatic heterocycles. The Morgan fingerprint density at radius 1 is 1.07 bits per heavy atom. The van der Waals surface area contributed by atoms with E-state index in [2.05, 4.69) is 61.7 Å². The first-order chi connectivity index (χ1) is 13.7. The van der Waals surface area contributed by atoms with Crippen molar-refractivity contribution in [1.29, 1.82) is 0 Å². The maximum Gasteiger partial charge on any atom is 0.257 e. The van der Waals surface area contributed by atoms with E-state index in [0.717, 1.165) is 43.3 Å². The fraction of sp³-hybridized carbons (Fsp3) is 0.318. The number of hydrogen-bond acceptors (Lipinski definition) is 4. The van der Waals surface area contributed by atoms with Crippen LogP contribution < -0.4 is 5.32 Å². The van der Waals surface area contributed by atoms with Gasteiger partial charge in [0, 0.05) is 39.2 Å². The molecule has 0 fully saturated rings. The van der Waals surface area contributed by atoms with Crippen LogP contribution in [0.5, 0.6) is 0 Å². The molecule has 29 heavy (non-hydrogen) atoms. The lowest BCUT2D eigenvalue weighted by atomic mass is 10.1. The van der Waals surface area contributed by atoms with Gasteiger partial charge in [-0.3, -0.25) is 4.99 Å². The Kier molecular flexibility index (Phi) is 9.11. The Bertz CT molecular complexity index is 893. The summed E-state index contributed by atoms with van der Waals surface area (Å²) in [6.45, 7) is 3.64. The van der Waals surface area contributed by atoms with Gasteiger partial charge in [-0.05, 0) is 29.7 Å². The molecule has 0 amide bonds. The van der Waals surface area contributed by atoms with Gasteiger partial charge < -0.3 is 14.7 Å². The van der Waals surface area contributed by atoms with Crippen LogP contribution in [0.25, 0.3) is 11.5 Å². The van der Waals surface area contributed by atoms with Crippen molar-refractivity contribution < 1.29 is 4.52 Å². The Morgan fingerprint density at radius 2 is 1.79 bits per heavy atom. The molecule has 3 rings (SSSR count).